The van der Waals surface area contributed by atoms with E-state index < -0.39 is 11.4 Å². The smallest absolute Gasteiger partial charge is 0.313 e. The third-order valence-corrected chi connectivity index (χ3v) is 3.74. The lowest BCUT2D eigenvalue weighted by molar-refractivity contribution is -0.143. The largest absolute Gasteiger partial charge is 0.481 e. The van der Waals surface area contributed by atoms with Crippen LogP contribution in [0.4, 0.5) is 0 Å². The second-order valence-electron chi connectivity index (χ2n) is 5.26. The molecule has 1 aromatic carbocycles. The van der Waals surface area contributed by atoms with Crippen LogP contribution in [-0.4, -0.2) is 11.1 Å². The number of carbonyl (C=O) groups is 1. The fraction of sp³-hybridized carbons (Fsp3) is 0.562. The first-order chi connectivity index (χ1) is 8.52. The Hall–Kier alpha value is -1.31. The van der Waals surface area contributed by atoms with Gasteiger partial charge in [0, 0.05) is 0 Å². The third-order valence-electron chi connectivity index (χ3n) is 3.74. The van der Waals surface area contributed by atoms with Gasteiger partial charge in [-0.25, -0.2) is 0 Å². The van der Waals surface area contributed by atoms with E-state index in [9.17, 15) is 9.90 Å². The van der Waals surface area contributed by atoms with E-state index in [2.05, 4.69) is 6.92 Å². The van der Waals surface area contributed by atoms with Crippen LogP contribution >= 0.6 is 0 Å². The maximum Gasteiger partial charge on any atom is 0.313 e. The average molecular weight is 248 g/mol. The zero-order valence-corrected chi connectivity index (χ0v) is 11.7. The topological polar surface area (TPSA) is 37.3 Å². The molecule has 0 aromatic heterocycles. The lowest BCUT2D eigenvalue weighted by Crippen LogP contribution is -2.33. The van der Waals surface area contributed by atoms with Crippen molar-refractivity contribution in [3.8, 4) is 0 Å². The molecule has 100 valence electrons. The molecule has 0 aliphatic carbocycles. The van der Waals surface area contributed by atoms with E-state index in [0.29, 0.717) is 6.42 Å². The molecule has 0 aliphatic heterocycles. The lowest BCUT2D eigenvalue weighted by atomic mass is 9.76. The van der Waals surface area contributed by atoms with E-state index in [1.54, 1.807) is 0 Å². The van der Waals surface area contributed by atoms with Gasteiger partial charge in [-0.2, -0.15) is 0 Å². The van der Waals surface area contributed by atoms with Crippen molar-refractivity contribution in [2.75, 3.05) is 0 Å². The molecule has 0 amide bonds. The number of carboxylic acids is 1. The fourth-order valence-corrected chi connectivity index (χ4v) is 2.45. The molecular weight excluding hydrogens is 224 g/mol. The number of benzene rings is 1. The van der Waals surface area contributed by atoms with E-state index in [1.165, 1.54) is 12.8 Å². The summed E-state index contributed by atoms with van der Waals surface area (Å²) in [6.07, 6.45) is 5.17. The number of carboxylic acid groups (broad SMARTS) is 1. The first kappa shape index (κ1) is 14.7. The molecule has 0 radical (unpaired) electrons. The highest BCUT2D eigenvalue weighted by Crippen LogP contribution is 2.32. The molecule has 0 heterocycles. The maximum absolute atomic E-state index is 11.6. The van der Waals surface area contributed by atoms with Crippen LogP contribution in [0.2, 0.25) is 0 Å². The van der Waals surface area contributed by atoms with Gasteiger partial charge in [0.05, 0.1) is 5.41 Å². The zero-order chi connectivity index (χ0) is 13.6. The van der Waals surface area contributed by atoms with Gasteiger partial charge in [-0.05, 0) is 31.4 Å². The number of unbranched alkanes of at least 4 members (excludes halogenated alkanes) is 3. The molecule has 0 fully saturated rings. The second kappa shape index (κ2) is 6.58. The zero-order valence-electron chi connectivity index (χ0n) is 11.7. The van der Waals surface area contributed by atoms with E-state index in [-0.39, 0.29) is 0 Å². The van der Waals surface area contributed by atoms with Crippen LogP contribution in [0.5, 0.6) is 0 Å². The van der Waals surface area contributed by atoms with Crippen LogP contribution in [0.15, 0.2) is 24.3 Å². The highest BCUT2D eigenvalue weighted by Gasteiger charge is 2.35. The van der Waals surface area contributed by atoms with E-state index in [0.717, 1.165) is 24.0 Å². The molecule has 2 heteroatoms. The van der Waals surface area contributed by atoms with Crippen molar-refractivity contribution in [3.63, 3.8) is 0 Å². The molecule has 1 atom stereocenters. The predicted octanol–water partition coefficient (Wildman–Crippen LogP) is 4.31. The van der Waals surface area contributed by atoms with E-state index in [1.807, 2.05) is 38.1 Å². The van der Waals surface area contributed by atoms with E-state index >= 15 is 0 Å². The Kier molecular flexibility index (Phi) is 5.39. The first-order valence-electron chi connectivity index (χ1n) is 6.82. The summed E-state index contributed by atoms with van der Waals surface area (Å²) >= 11 is 0. The van der Waals surface area contributed by atoms with Crippen molar-refractivity contribution in [1.82, 2.24) is 0 Å². The number of aryl methyl sites for hydroxylation is 1. The molecule has 0 aliphatic rings. The van der Waals surface area contributed by atoms with Crippen molar-refractivity contribution in [2.45, 2.75) is 58.3 Å². The van der Waals surface area contributed by atoms with Crippen molar-refractivity contribution >= 4 is 5.97 Å². The number of rotatable bonds is 7. The summed E-state index contributed by atoms with van der Waals surface area (Å²) in [5.41, 5.74) is 1.27. The Morgan fingerprint density at radius 1 is 1.22 bits per heavy atom. The van der Waals surface area contributed by atoms with Crippen LogP contribution in [0.3, 0.4) is 0 Å². The van der Waals surface area contributed by atoms with Gasteiger partial charge in [0.15, 0.2) is 0 Å². The number of hydrogen-bond donors (Lipinski definition) is 1. The van der Waals surface area contributed by atoms with Gasteiger partial charge in [0.2, 0.25) is 0 Å². The quantitative estimate of drug-likeness (QED) is 0.730. The van der Waals surface area contributed by atoms with Crippen LogP contribution in [0, 0.1) is 6.92 Å². The minimum Gasteiger partial charge on any atom is -0.481 e. The lowest BCUT2D eigenvalue weighted by Gasteiger charge is -2.27. The average Bonchev–Trinajstić information content (AvgIpc) is 2.34. The highest BCUT2D eigenvalue weighted by atomic mass is 16.4. The fourth-order valence-electron chi connectivity index (χ4n) is 2.45. The Bertz CT molecular complexity index is 398. The SMILES string of the molecule is CCCCCCC(C)(C(=O)O)c1ccccc1C. The van der Waals surface area contributed by atoms with Crippen molar-refractivity contribution < 1.29 is 9.90 Å². The molecule has 0 saturated heterocycles. The molecule has 2 nitrogen and oxygen atoms in total. The van der Waals surface area contributed by atoms with Gasteiger partial charge in [-0.15, -0.1) is 0 Å². The van der Waals surface area contributed by atoms with Gasteiger partial charge < -0.3 is 5.11 Å². The predicted molar refractivity (Wildman–Crippen MR) is 74.9 cm³/mol. The molecule has 0 spiro atoms. The number of aliphatic carboxylic acids is 1. The van der Waals surface area contributed by atoms with Gasteiger partial charge in [0.25, 0.3) is 0 Å². The maximum atomic E-state index is 11.6. The Morgan fingerprint density at radius 2 is 1.89 bits per heavy atom. The van der Waals surface area contributed by atoms with Gasteiger partial charge in [-0.1, -0.05) is 56.9 Å². The summed E-state index contributed by atoms with van der Waals surface area (Å²) in [5.74, 6) is -0.715. The van der Waals surface area contributed by atoms with Gasteiger partial charge in [0.1, 0.15) is 0 Å². The summed E-state index contributed by atoms with van der Waals surface area (Å²) in [5, 5.41) is 9.57. The molecule has 18 heavy (non-hydrogen) atoms. The van der Waals surface area contributed by atoms with Crippen molar-refractivity contribution in [1.29, 1.82) is 0 Å². The van der Waals surface area contributed by atoms with Gasteiger partial charge in [-0.3, -0.25) is 4.79 Å². The van der Waals surface area contributed by atoms with Crippen molar-refractivity contribution in [3.05, 3.63) is 35.4 Å². The Labute approximate surface area is 110 Å². The monoisotopic (exact) mass is 248 g/mol. The summed E-state index contributed by atoms with van der Waals surface area (Å²) in [6, 6.07) is 7.82. The summed E-state index contributed by atoms with van der Waals surface area (Å²) in [4.78, 5) is 11.6. The number of hydrogen-bond acceptors (Lipinski definition) is 1. The van der Waals surface area contributed by atoms with Gasteiger partial charge >= 0.3 is 5.97 Å². The normalized spacial score (nSPS) is 14.2. The minimum atomic E-state index is -0.751. The first-order valence-corrected chi connectivity index (χ1v) is 6.82. The summed E-state index contributed by atoms with van der Waals surface area (Å²) in [6.45, 7) is 6.00. The molecular formula is C16H24O2. The molecule has 1 N–H and O–H groups in total. The summed E-state index contributed by atoms with van der Waals surface area (Å²) < 4.78 is 0. The van der Waals surface area contributed by atoms with Crippen LogP contribution in [0.1, 0.15) is 57.1 Å². The van der Waals surface area contributed by atoms with Crippen LogP contribution in [-0.2, 0) is 10.2 Å². The highest BCUT2D eigenvalue weighted by molar-refractivity contribution is 5.81. The van der Waals surface area contributed by atoms with Crippen LogP contribution in [0.25, 0.3) is 0 Å². The van der Waals surface area contributed by atoms with Crippen LogP contribution < -0.4 is 0 Å². The molecule has 1 unspecified atom stereocenters. The molecule has 1 rings (SSSR count). The molecule has 1 aromatic rings. The minimum absolute atomic E-state index is 0.715. The van der Waals surface area contributed by atoms with E-state index in [4.69, 9.17) is 0 Å². The Morgan fingerprint density at radius 3 is 2.44 bits per heavy atom. The molecule has 0 saturated carbocycles. The summed E-state index contributed by atoms with van der Waals surface area (Å²) in [7, 11) is 0. The standard InChI is InChI=1S/C16H24O2/c1-4-5-6-9-12-16(3,15(17)18)14-11-8-7-10-13(14)2/h7-8,10-11H,4-6,9,12H2,1-3H3,(H,17,18). The third kappa shape index (κ3) is 3.34. The van der Waals surface area contributed by atoms with Crippen molar-refractivity contribution in [2.24, 2.45) is 0 Å². The second-order valence-corrected chi connectivity index (χ2v) is 5.26. The Balaban J connectivity index is 2.87. The molecule has 0 bridgehead atoms.